The molecule has 2 aromatic heterocycles. The van der Waals surface area contributed by atoms with Crippen LogP contribution in [0.1, 0.15) is 11.4 Å². The molecule has 4 aromatic rings. The molecule has 8 heteroatoms. The molecule has 0 aliphatic rings. The number of nitrogens with one attached hydrogen (secondary N) is 2. The smallest absolute Gasteiger partial charge is 0.338 e. The lowest BCUT2D eigenvalue weighted by atomic mass is 10.2. The first-order valence-electron chi connectivity index (χ1n) is 6.91. The topological polar surface area (TPSA) is 81.1 Å². The Kier molecular flexibility index (Phi) is 2.87. The first kappa shape index (κ1) is 14.3. The van der Waals surface area contributed by atoms with Crippen molar-refractivity contribution in [3.05, 3.63) is 47.8 Å². The summed E-state index contributed by atoms with van der Waals surface area (Å²) >= 11 is 0. The van der Waals surface area contributed by atoms with Crippen LogP contribution in [0.2, 0.25) is 0 Å². The molecular formula is C16H8F3N5. The standard InChI is InChI=1S/C16H8F3N5/c17-16(18,19)15-23-11-4-2-9(6-13(11)24-15)14-21-10-3-1-8(7-20)5-12(10)22-14/h1-6H,(H,21,22)(H,23,24). The molecule has 0 bridgehead atoms. The van der Waals surface area contributed by atoms with Crippen LogP contribution in [-0.4, -0.2) is 19.9 Å². The number of benzene rings is 2. The number of alkyl halides is 3. The third-order valence-corrected chi connectivity index (χ3v) is 3.64. The monoisotopic (exact) mass is 327 g/mol. The molecule has 0 aliphatic carbocycles. The van der Waals surface area contributed by atoms with Crippen molar-refractivity contribution in [1.82, 2.24) is 19.9 Å². The lowest BCUT2D eigenvalue weighted by Gasteiger charge is -1.98. The Morgan fingerprint density at radius 1 is 0.917 bits per heavy atom. The minimum Gasteiger partial charge on any atom is -0.338 e. The van der Waals surface area contributed by atoms with E-state index in [1.54, 1.807) is 24.3 Å². The fraction of sp³-hybridized carbons (Fsp3) is 0.0625. The molecule has 5 nitrogen and oxygen atoms in total. The van der Waals surface area contributed by atoms with E-state index in [1.165, 1.54) is 12.1 Å². The number of nitriles is 1. The molecule has 0 fully saturated rings. The van der Waals surface area contributed by atoms with E-state index in [1.807, 2.05) is 6.07 Å². The minimum absolute atomic E-state index is 0.206. The summed E-state index contributed by atoms with van der Waals surface area (Å²) in [4.78, 5) is 13.3. The molecule has 24 heavy (non-hydrogen) atoms. The van der Waals surface area contributed by atoms with Crippen LogP contribution >= 0.6 is 0 Å². The van der Waals surface area contributed by atoms with E-state index >= 15 is 0 Å². The van der Waals surface area contributed by atoms with Crippen LogP contribution in [0.25, 0.3) is 33.5 Å². The van der Waals surface area contributed by atoms with Crippen LogP contribution in [0.4, 0.5) is 13.2 Å². The van der Waals surface area contributed by atoms with Gasteiger partial charge in [-0.15, -0.1) is 0 Å². The van der Waals surface area contributed by atoms with Gasteiger partial charge < -0.3 is 9.97 Å². The normalized spacial score (nSPS) is 11.9. The average Bonchev–Trinajstić information content (AvgIpc) is 3.16. The number of halogens is 3. The Morgan fingerprint density at radius 2 is 1.62 bits per heavy atom. The number of H-pyrrole nitrogens is 2. The second-order valence-corrected chi connectivity index (χ2v) is 5.24. The van der Waals surface area contributed by atoms with Gasteiger partial charge in [-0.05, 0) is 36.4 Å². The quantitative estimate of drug-likeness (QED) is 0.554. The highest BCUT2D eigenvalue weighted by Gasteiger charge is 2.34. The molecule has 0 atom stereocenters. The second-order valence-electron chi connectivity index (χ2n) is 5.24. The Balaban J connectivity index is 1.82. The molecule has 0 amide bonds. The van der Waals surface area contributed by atoms with E-state index in [0.29, 0.717) is 28.0 Å². The summed E-state index contributed by atoms with van der Waals surface area (Å²) in [5.74, 6) is -0.531. The number of imidazole rings is 2. The average molecular weight is 327 g/mol. The van der Waals surface area contributed by atoms with Gasteiger partial charge in [-0.2, -0.15) is 18.4 Å². The molecule has 2 heterocycles. The summed E-state index contributed by atoms with van der Waals surface area (Å²) in [7, 11) is 0. The Labute approximate surface area is 132 Å². The zero-order valence-electron chi connectivity index (χ0n) is 11.9. The molecule has 0 radical (unpaired) electrons. The zero-order valence-corrected chi connectivity index (χ0v) is 11.9. The van der Waals surface area contributed by atoms with Gasteiger partial charge in [-0.25, -0.2) is 9.97 Å². The number of hydrogen-bond acceptors (Lipinski definition) is 3. The number of nitrogens with zero attached hydrogens (tertiary/aromatic N) is 3. The highest BCUT2D eigenvalue weighted by Crippen LogP contribution is 2.30. The number of rotatable bonds is 1. The van der Waals surface area contributed by atoms with Gasteiger partial charge in [0.1, 0.15) is 5.82 Å². The van der Waals surface area contributed by atoms with Crippen molar-refractivity contribution in [2.75, 3.05) is 0 Å². The minimum atomic E-state index is -4.52. The number of aromatic nitrogens is 4. The van der Waals surface area contributed by atoms with E-state index in [2.05, 4.69) is 19.9 Å². The van der Waals surface area contributed by atoms with Crippen molar-refractivity contribution < 1.29 is 13.2 Å². The molecule has 2 N–H and O–H groups in total. The van der Waals surface area contributed by atoms with E-state index in [-0.39, 0.29) is 5.52 Å². The van der Waals surface area contributed by atoms with Crippen LogP contribution in [0.5, 0.6) is 0 Å². The molecule has 4 rings (SSSR count). The van der Waals surface area contributed by atoms with Gasteiger partial charge in [0.2, 0.25) is 5.82 Å². The van der Waals surface area contributed by atoms with Crippen molar-refractivity contribution in [1.29, 1.82) is 5.26 Å². The maximum atomic E-state index is 12.7. The lowest BCUT2D eigenvalue weighted by Crippen LogP contribution is -2.06. The van der Waals surface area contributed by atoms with E-state index in [4.69, 9.17) is 5.26 Å². The molecular weight excluding hydrogens is 319 g/mol. The van der Waals surface area contributed by atoms with Gasteiger partial charge in [0, 0.05) is 5.56 Å². The van der Waals surface area contributed by atoms with Crippen molar-refractivity contribution in [2.24, 2.45) is 0 Å². The summed E-state index contributed by atoms with van der Waals surface area (Å²) in [5, 5.41) is 8.92. The number of fused-ring (bicyclic) bond motifs is 2. The van der Waals surface area contributed by atoms with Gasteiger partial charge in [0.25, 0.3) is 0 Å². The number of aromatic amines is 2. The number of hydrogen-bond donors (Lipinski definition) is 2. The maximum absolute atomic E-state index is 12.7. The van der Waals surface area contributed by atoms with Crippen molar-refractivity contribution in [3.8, 4) is 17.5 Å². The van der Waals surface area contributed by atoms with Crippen molar-refractivity contribution in [2.45, 2.75) is 6.18 Å². The summed E-state index contributed by atoms with van der Waals surface area (Å²) < 4.78 is 38.2. The fourth-order valence-corrected chi connectivity index (χ4v) is 2.50. The molecule has 118 valence electrons. The summed E-state index contributed by atoms with van der Waals surface area (Å²) in [6.45, 7) is 0. The molecule has 0 saturated carbocycles. The van der Waals surface area contributed by atoms with Gasteiger partial charge in [0.15, 0.2) is 0 Å². The predicted molar refractivity (Wildman–Crippen MR) is 80.9 cm³/mol. The first-order valence-corrected chi connectivity index (χ1v) is 6.91. The van der Waals surface area contributed by atoms with Crippen LogP contribution in [0.15, 0.2) is 36.4 Å². The van der Waals surface area contributed by atoms with E-state index in [9.17, 15) is 13.2 Å². The van der Waals surface area contributed by atoms with Crippen molar-refractivity contribution in [3.63, 3.8) is 0 Å². The second kappa shape index (κ2) is 4.83. The summed E-state index contributed by atoms with van der Waals surface area (Å²) in [6, 6.07) is 11.8. The Morgan fingerprint density at radius 3 is 2.38 bits per heavy atom. The molecule has 0 saturated heterocycles. The van der Waals surface area contributed by atoms with E-state index < -0.39 is 12.0 Å². The summed E-state index contributed by atoms with van der Waals surface area (Å²) in [6.07, 6.45) is -4.52. The summed E-state index contributed by atoms with van der Waals surface area (Å²) in [5.41, 5.74) is 2.95. The zero-order chi connectivity index (χ0) is 16.9. The van der Waals surface area contributed by atoms with Crippen LogP contribution in [0.3, 0.4) is 0 Å². The first-order chi connectivity index (χ1) is 11.4. The van der Waals surface area contributed by atoms with Gasteiger partial charge in [-0.1, -0.05) is 0 Å². The van der Waals surface area contributed by atoms with Crippen LogP contribution in [-0.2, 0) is 6.18 Å². The molecule has 0 aliphatic heterocycles. The molecule has 0 spiro atoms. The highest BCUT2D eigenvalue weighted by atomic mass is 19.4. The largest absolute Gasteiger partial charge is 0.449 e. The Bertz CT molecular complexity index is 1110. The SMILES string of the molecule is N#Cc1ccc2[nH]c(-c3ccc4[nH]c(C(F)(F)F)nc4c3)nc2c1. The molecule has 2 aromatic carbocycles. The third kappa shape index (κ3) is 2.27. The Hall–Kier alpha value is -3.34. The fourth-order valence-electron chi connectivity index (χ4n) is 2.50. The van der Waals surface area contributed by atoms with Gasteiger partial charge in [0.05, 0.1) is 33.7 Å². The van der Waals surface area contributed by atoms with Gasteiger partial charge in [-0.3, -0.25) is 0 Å². The van der Waals surface area contributed by atoms with Gasteiger partial charge >= 0.3 is 6.18 Å². The third-order valence-electron chi connectivity index (χ3n) is 3.64. The van der Waals surface area contributed by atoms with Crippen LogP contribution < -0.4 is 0 Å². The van der Waals surface area contributed by atoms with Crippen LogP contribution in [0, 0.1) is 11.3 Å². The predicted octanol–water partition coefficient (Wildman–Crippen LogP) is 4.00. The lowest BCUT2D eigenvalue weighted by molar-refractivity contribution is -0.144. The van der Waals surface area contributed by atoms with Crippen molar-refractivity contribution >= 4 is 22.1 Å². The maximum Gasteiger partial charge on any atom is 0.449 e. The molecule has 0 unspecified atom stereocenters. The van der Waals surface area contributed by atoms with E-state index in [0.717, 1.165) is 5.52 Å². The highest BCUT2D eigenvalue weighted by molar-refractivity contribution is 5.84.